The number of nitrogens with zero attached hydrogens (tertiary/aromatic N) is 1. The van der Waals surface area contributed by atoms with Crippen molar-refractivity contribution in [3.63, 3.8) is 0 Å². The van der Waals surface area contributed by atoms with Crippen LogP contribution in [0.15, 0.2) is 60.4 Å². The zero-order chi connectivity index (χ0) is 19.2. The fraction of sp³-hybridized carbons (Fsp3) is 0.100. The number of amides is 1. The molecule has 3 N–H and O–H groups in total. The lowest BCUT2D eigenvalue weighted by molar-refractivity contribution is -0.112. The quantitative estimate of drug-likeness (QED) is 0.321. The SMILES string of the molecule is N#C/C(=C/NCCc1c[nH]c2ccccc12)C(=O)Nc1ccc(Cl)cc1Cl. The van der Waals surface area contributed by atoms with Crippen molar-refractivity contribution in [3.8, 4) is 6.07 Å². The lowest BCUT2D eigenvalue weighted by Crippen LogP contribution is -2.18. The van der Waals surface area contributed by atoms with Crippen LogP contribution < -0.4 is 10.6 Å². The molecule has 5 nitrogen and oxygen atoms in total. The highest BCUT2D eigenvalue weighted by Crippen LogP contribution is 2.25. The Morgan fingerprint density at radius 3 is 2.81 bits per heavy atom. The Hall–Kier alpha value is -2.94. The molecule has 0 spiro atoms. The van der Waals surface area contributed by atoms with Gasteiger partial charge in [0.1, 0.15) is 11.6 Å². The molecular weight excluding hydrogens is 383 g/mol. The summed E-state index contributed by atoms with van der Waals surface area (Å²) >= 11 is 11.9. The minimum atomic E-state index is -0.540. The van der Waals surface area contributed by atoms with Gasteiger partial charge in [-0.2, -0.15) is 5.26 Å². The number of aromatic nitrogens is 1. The van der Waals surface area contributed by atoms with Crippen LogP contribution in [0.25, 0.3) is 10.9 Å². The molecule has 3 aromatic rings. The molecule has 1 heterocycles. The first-order chi connectivity index (χ1) is 13.1. The van der Waals surface area contributed by atoms with Gasteiger partial charge < -0.3 is 15.6 Å². The van der Waals surface area contributed by atoms with E-state index in [2.05, 4.69) is 21.7 Å². The molecule has 7 heteroatoms. The first kappa shape index (κ1) is 18.8. The highest BCUT2D eigenvalue weighted by atomic mass is 35.5. The predicted molar refractivity (Wildman–Crippen MR) is 109 cm³/mol. The molecule has 3 rings (SSSR count). The van der Waals surface area contributed by atoms with Crippen molar-refractivity contribution in [1.82, 2.24) is 10.3 Å². The third kappa shape index (κ3) is 4.62. The lowest BCUT2D eigenvalue weighted by atomic mass is 10.1. The number of halogens is 2. The molecule has 0 radical (unpaired) electrons. The van der Waals surface area contributed by atoms with Crippen molar-refractivity contribution >= 4 is 45.7 Å². The average Bonchev–Trinajstić information content (AvgIpc) is 3.07. The number of aromatic amines is 1. The summed E-state index contributed by atoms with van der Waals surface area (Å²) in [5.74, 6) is -0.540. The molecule has 0 unspecified atom stereocenters. The van der Waals surface area contributed by atoms with E-state index in [4.69, 9.17) is 23.2 Å². The number of hydrogen-bond acceptors (Lipinski definition) is 3. The molecule has 0 saturated heterocycles. The Balaban J connectivity index is 1.59. The van der Waals surface area contributed by atoms with Gasteiger partial charge >= 0.3 is 0 Å². The summed E-state index contributed by atoms with van der Waals surface area (Å²) in [4.78, 5) is 15.5. The minimum absolute atomic E-state index is 0.0417. The monoisotopic (exact) mass is 398 g/mol. The van der Waals surface area contributed by atoms with Gasteiger partial charge in [0, 0.05) is 34.9 Å². The maximum Gasteiger partial charge on any atom is 0.267 e. The summed E-state index contributed by atoms with van der Waals surface area (Å²) in [5, 5.41) is 16.8. The zero-order valence-electron chi connectivity index (χ0n) is 14.2. The van der Waals surface area contributed by atoms with Crippen LogP contribution in [0.3, 0.4) is 0 Å². The van der Waals surface area contributed by atoms with E-state index in [-0.39, 0.29) is 5.57 Å². The molecule has 1 aromatic heterocycles. The minimum Gasteiger partial charge on any atom is -0.389 e. The molecule has 0 fully saturated rings. The second-order valence-corrected chi connectivity index (χ2v) is 6.66. The molecule has 0 aliphatic carbocycles. The van der Waals surface area contributed by atoms with Gasteiger partial charge in [0.25, 0.3) is 5.91 Å². The fourth-order valence-corrected chi connectivity index (χ4v) is 3.10. The van der Waals surface area contributed by atoms with Crippen molar-refractivity contribution in [2.45, 2.75) is 6.42 Å². The Morgan fingerprint density at radius 2 is 2.04 bits per heavy atom. The van der Waals surface area contributed by atoms with Gasteiger partial charge in [-0.3, -0.25) is 4.79 Å². The molecule has 27 heavy (non-hydrogen) atoms. The Labute approximate surface area is 166 Å². The molecule has 1 amide bonds. The van der Waals surface area contributed by atoms with Crippen molar-refractivity contribution in [1.29, 1.82) is 5.26 Å². The molecule has 0 bridgehead atoms. The number of carbonyl (C=O) groups excluding carboxylic acids is 1. The second-order valence-electron chi connectivity index (χ2n) is 5.81. The van der Waals surface area contributed by atoms with Gasteiger partial charge in [0.2, 0.25) is 0 Å². The largest absolute Gasteiger partial charge is 0.389 e. The van der Waals surface area contributed by atoms with E-state index < -0.39 is 5.91 Å². The first-order valence-electron chi connectivity index (χ1n) is 8.23. The van der Waals surface area contributed by atoms with Crippen molar-refractivity contribution in [2.75, 3.05) is 11.9 Å². The molecule has 0 aliphatic heterocycles. The summed E-state index contributed by atoms with van der Waals surface area (Å²) in [6.45, 7) is 0.585. The summed E-state index contributed by atoms with van der Waals surface area (Å²) in [7, 11) is 0. The number of benzene rings is 2. The van der Waals surface area contributed by atoms with Crippen LogP contribution in [0.2, 0.25) is 10.0 Å². The van der Waals surface area contributed by atoms with E-state index in [1.807, 2.05) is 30.5 Å². The molecule has 0 saturated carbocycles. The normalized spacial score (nSPS) is 11.2. The summed E-state index contributed by atoms with van der Waals surface area (Å²) in [5.41, 5.74) is 2.60. The summed E-state index contributed by atoms with van der Waals surface area (Å²) in [6, 6.07) is 14.7. The Kier molecular flexibility index (Phi) is 6.02. The molecule has 0 atom stereocenters. The van der Waals surface area contributed by atoms with E-state index in [0.29, 0.717) is 22.3 Å². The second kappa shape index (κ2) is 8.63. The molecule has 136 valence electrons. The third-order valence-corrected chi connectivity index (χ3v) is 4.55. The van der Waals surface area contributed by atoms with Gasteiger partial charge in [-0.15, -0.1) is 0 Å². The van der Waals surface area contributed by atoms with E-state index >= 15 is 0 Å². The fourth-order valence-electron chi connectivity index (χ4n) is 2.65. The van der Waals surface area contributed by atoms with E-state index in [9.17, 15) is 10.1 Å². The van der Waals surface area contributed by atoms with Crippen molar-refractivity contribution in [3.05, 3.63) is 76.0 Å². The van der Waals surface area contributed by atoms with Gasteiger partial charge in [-0.1, -0.05) is 41.4 Å². The number of nitrogens with one attached hydrogen (secondary N) is 3. The topological polar surface area (TPSA) is 80.7 Å². The van der Waals surface area contributed by atoms with Crippen molar-refractivity contribution < 1.29 is 4.79 Å². The standard InChI is InChI=1S/C20H16Cl2N4O/c21-15-5-6-19(17(22)9-15)26-20(27)14(10-23)11-24-8-7-13-12-25-18-4-2-1-3-16(13)18/h1-6,9,11-12,24-25H,7-8H2,(H,26,27)/b14-11-. The smallest absolute Gasteiger partial charge is 0.267 e. The Bertz CT molecular complexity index is 1050. The highest BCUT2D eigenvalue weighted by Gasteiger charge is 2.11. The third-order valence-electron chi connectivity index (χ3n) is 4.00. The number of carbonyl (C=O) groups is 1. The van der Waals surface area contributed by atoms with E-state index in [1.54, 1.807) is 12.1 Å². The lowest BCUT2D eigenvalue weighted by Gasteiger charge is -2.07. The highest BCUT2D eigenvalue weighted by molar-refractivity contribution is 6.36. The average molecular weight is 399 g/mol. The van der Waals surface area contributed by atoms with E-state index in [0.717, 1.165) is 11.9 Å². The van der Waals surface area contributed by atoms with Crippen LogP contribution in [0, 0.1) is 11.3 Å². The number of fused-ring (bicyclic) bond motifs is 1. The van der Waals surface area contributed by atoms with Crippen LogP contribution >= 0.6 is 23.2 Å². The Morgan fingerprint density at radius 1 is 1.22 bits per heavy atom. The number of nitriles is 1. The molecule has 2 aromatic carbocycles. The van der Waals surface area contributed by atoms with Crippen LogP contribution in [-0.2, 0) is 11.2 Å². The molecular formula is C20H16Cl2N4O. The van der Waals surface area contributed by atoms with E-state index in [1.165, 1.54) is 23.2 Å². The van der Waals surface area contributed by atoms with Crippen molar-refractivity contribution in [2.24, 2.45) is 0 Å². The van der Waals surface area contributed by atoms with Gasteiger partial charge in [-0.05, 0) is 36.2 Å². The van der Waals surface area contributed by atoms with Crippen LogP contribution in [0.4, 0.5) is 5.69 Å². The summed E-state index contributed by atoms with van der Waals surface area (Å²) in [6.07, 6.45) is 4.13. The van der Waals surface area contributed by atoms with Gasteiger partial charge in [0.15, 0.2) is 0 Å². The van der Waals surface area contributed by atoms with Crippen LogP contribution in [0.5, 0.6) is 0 Å². The number of rotatable bonds is 6. The maximum absolute atomic E-state index is 12.2. The molecule has 0 aliphatic rings. The van der Waals surface area contributed by atoms with Crippen LogP contribution in [0.1, 0.15) is 5.56 Å². The summed E-state index contributed by atoms with van der Waals surface area (Å²) < 4.78 is 0. The predicted octanol–water partition coefficient (Wildman–Crippen LogP) is 4.65. The maximum atomic E-state index is 12.2. The number of H-pyrrole nitrogens is 1. The number of hydrogen-bond donors (Lipinski definition) is 3. The van der Waals surface area contributed by atoms with Crippen LogP contribution in [-0.4, -0.2) is 17.4 Å². The number of para-hydroxylation sites is 1. The van der Waals surface area contributed by atoms with Gasteiger partial charge in [-0.25, -0.2) is 0 Å². The van der Waals surface area contributed by atoms with Gasteiger partial charge in [0.05, 0.1) is 10.7 Å². The number of anilines is 1. The first-order valence-corrected chi connectivity index (χ1v) is 8.99. The zero-order valence-corrected chi connectivity index (χ0v) is 15.7.